The minimum atomic E-state index is -1.11. The van der Waals surface area contributed by atoms with Gasteiger partial charge in [0.2, 0.25) is 0 Å². The lowest BCUT2D eigenvalue weighted by Crippen LogP contribution is -2.54. The molecule has 1 heterocycles. The molecule has 0 atom stereocenters. The number of hydrogen-bond donors (Lipinski definition) is 6. The number of rotatable bonds is 33. The number of anilines is 2. The van der Waals surface area contributed by atoms with Gasteiger partial charge in [-0.25, -0.2) is 42.5 Å². The minimum Gasteiger partial charge on any atom is -0.488 e. The van der Waals surface area contributed by atoms with Crippen LogP contribution in [0.5, 0.6) is 23.0 Å². The molecule has 394 valence electrons. The number of aromatic nitrogens is 3. The molecular formula is C50H64N8O15. The van der Waals surface area contributed by atoms with Crippen LogP contribution < -0.4 is 84.3 Å². The summed E-state index contributed by atoms with van der Waals surface area (Å²) in [5.74, 6) is 0.662. The molecule has 5 aromatic rings. The number of benzene rings is 2. The maximum atomic E-state index is 13.6. The quantitative estimate of drug-likeness (QED) is 0.0256. The molecule has 0 fully saturated rings. The predicted octanol–water partition coefficient (Wildman–Crippen LogP) is 3.91. The average Bonchev–Trinajstić information content (AvgIpc) is 3.38. The first-order chi connectivity index (χ1) is 35.2. The van der Waals surface area contributed by atoms with Crippen LogP contribution in [0.4, 0.5) is 25.8 Å². The highest BCUT2D eigenvalue weighted by Crippen LogP contribution is 2.21. The molecule has 0 aliphatic carbocycles. The van der Waals surface area contributed by atoms with Crippen LogP contribution in [0.3, 0.4) is 0 Å². The fourth-order valence-electron chi connectivity index (χ4n) is 7.72. The summed E-state index contributed by atoms with van der Waals surface area (Å²) < 4.78 is 24.4. The van der Waals surface area contributed by atoms with Crippen molar-refractivity contribution in [3.63, 3.8) is 0 Å². The van der Waals surface area contributed by atoms with E-state index in [0.717, 1.165) is 24.8 Å². The Labute approximate surface area is 418 Å². The number of carbonyl (C=O) groups excluding carboxylic acids is 2. The van der Waals surface area contributed by atoms with E-state index in [9.17, 15) is 47.9 Å². The zero-order chi connectivity index (χ0) is 52.7. The van der Waals surface area contributed by atoms with Crippen molar-refractivity contribution in [1.82, 2.24) is 29.7 Å². The summed E-state index contributed by atoms with van der Waals surface area (Å²) in [4.78, 5) is 123. The lowest BCUT2D eigenvalue weighted by atomic mass is 10.2. The molecule has 6 N–H and O–H groups in total. The third-order valence-electron chi connectivity index (χ3n) is 11.6. The molecule has 23 nitrogen and oxygen atoms in total. The van der Waals surface area contributed by atoms with Crippen LogP contribution in [0.2, 0.25) is 0 Å². The van der Waals surface area contributed by atoms with Crippen molar-refractivity contribution >= 4 is 29.7 Å². The van der Waals surface area contributed by atoms with Gasteiger partial charge in [0.1, 0.15) is 22.9 Å². The fourth-order valence-corrected chi connectivity index (χ4v) is 7.72. The van der Waals surface area contributed by atoms with Crippen LogP contribution in [0, 0.1) is 0 Å². The number of unbranched alkanes of at least 4 members (excludes halogenated alkanes) is 9. The van der Waals surface area contributed by atoms with Gasteiger partial charge in [-0.3, -0.25) is 19.2 Å². The van der Waals surface area contributed by atoms with Gasteiger partial charge in [-0.15, -0.1) is 0 Å². The molecule has 4 aromatic carbocycles. The number of ether oxygens (including phenoxy) is 4. The summed E-state index contributed by atoms with van der Waals surface area (Å²) in [5.41, 5.74) is -2.81. The molecule has 1 aromatic heterocycles. The van der Waals surface area contributed by atoms with E-state index in [-0.39, 0.29) is 75.4 Å². The molecule has 0 bridgehead atoms. The number of nitrogens with one attached hydrogen (secondary N) is 5. The Hall–Kier alpha value is -7.98. The second-order valence-electron chi connectivity index (χ2n) is 17.0. The summed E-state index contributed by atoms with van der Waals surface area (Å²) in [6, 6.07) is 13.2. The standard InChI is InChI=1S/C50H64N8O15/c1-3-70-43-37(39(59)41(43)61)54-31-33-17-21-35(22-18-33)72-46(65)52-26-12-6-9-15-29-57-48(67)56(28-14-8-5-11-25-51-45(63)64)49(68)58(50(57)69)30-16-10-7-13-27-53-47(66)73-36-23-19-34(20-24-36)32-55-38-40(60)42(62)44(38)71-4-2/h17-24,51,54-55H,3-16,25-32H2,1-2H3,(H,52,65)(H,53,66)(H,63,64). The van der Waals surface area contributed by atoms with E-state index in [1.54, 1.807) is 62.4 Å². The fraction of sp³-hybridized carbons (Fsp3) is 0.480. The van der Waals surface area contributed by atoms with E-state index in [4.69, 9.17) is 24.1 Å². The molecule has 0 saturated carbocycles. The Bertz CT molecular complexity index is 2760. The zero-order valence-corrected chi connectivity index (χ0v) is 41.2. The highest BCUT2D eigenvalue weighted by Gasteiger charge is 2.23. The Morgan fingerprint density at radius 3 is 1.11 bits per heavy atom. The Kier molecular flexibility index (Phi) is 22.0. The van der Waals surface area contributed by atoms with Crippen LogP contribution >= 0.6 is 0 Å². The summed E-state index contributed by atoms with van der Waals surface area (Å²) in [5, 5.41) is 22.3. The van der Waals surface area contributed by atoms with Gasteiger partial charge in [0, 0.05) is 52.4 Å². The van der Waals surface area contributed by atoms with Crippen molar-refractivity contribution in [2.45, 2.75) is 124 Å². The summed E-state index contributed by atoms with van der Waals surface area (Å²) in [6.07, 6.45) is 4.67. The summed E-state index contributed by atoms with van der Waals surface area (Å²) >= 11 is 0. The number of nitrogens with zero attached hydrogens (tertiary/aromatic N) is 3. The molecular weight excluding hydrogens is 953 g/mol. The number of hydrogen-bond acceptors (Lipinski definition) is 16. The zero-order valence-electron chi connectivity index (χ0n) is 41.2. The summed E-state index contributed by atoms with van der Waals surface area (Å²) in [6.45, 7) is 5.64. The molecule has 3 amide bonds. The van der Waals surface area contributed by atoms with Crippen molar-refractivity contribution in [3.8, 4) is 23.0 Å². The van der Waals surface area contributed by atoms with Gasteiger partial charge in [-0.1, -0.05) is 62.8 Å². The van der Waals surface area contributed by atoms with Gasteiger partial charge in [-0.05, 0) is 87.8 Å². The van der Waals surface area contributed by atoms with Gasteiger partial charge in [0.05, 0.1) is 13.2 Å². The molecule has 23 heteroatoms. The van der Waals surface area contributed by atoms with Gasteiger partial charge >= 0.3 is 35.3 Å². The second kappa shape index (κ2) is 28.8. The van der Waals surface area contributed by atoms with Crippen LogP contribution in [0.15, 0.2) is 82.1 Å². The first kappa shape index (κ1) is 55.9. The maximum absolute atomic E-state index is 13.6. The lowest BCUT2D eigenvalue weighted by Gasteiger charge is -2.14. The molecule has 0 radical (unpaired) electrons. The van der Waals surface area contributed by atoms with Crippen molar-refractivity contribution in [3.05, 3.63) is 132 Å². The van der Waals surface area contributed by atoms with E-state index in [1.807, 2.05) is 0 Å². The molecule has 0 aliphatic heterocycles. The minimum absolute atomic E-state index is 0.0277. The Morgan fingerprint density at radius 1 is 0.452 bits per heavy atom. The number of carboxylic acid groups (broad SMARTS) is 1. The number of carbonyl (C=O) groups is 3. The molecule has 0 spiro atoms. The first-order valence-corrected chi connectivity index (χ1v) is 24.6. The van der Waals surface area contributed by atoms with E-state index in [2.05, 4.69) is 26.6 Å². The monoisotopic (exact) mass is 1020 g/mol. The van der Waals surface area contributed by atoms with Gasteiger partial charge < -0.3 is 50.6 Å². The van der Waals surface area contributed by atoms with Crippen molar-refractivity contribution < 1.29 is 38.4 Å². The molecule has 0 saturated heterocycles. The van der Waals surface area contributed by atoms with Crippen LogP contribution in [0.1, 0.15) is 102 Å². The van der Waals surface area contributed by atoms with Crippen molar-refractivity contribution in [2.75, 3.05) is 43.5 Å². The van der Waals surface area contributed by atoms with Crippen LogP contribution in [-0.2, 0) is 32.7 Å². The van der Waals surface area contributed by atoms with Gasteiger partial charge in [0.25, 0.3) is 21.7 Å². The first-order valence-electron chi connectivity index (χ1n) is 24.6. The SMILES string of the molecule is CCOc1c(NCc2ccc(OC(=O)NCCCCCCn3c(=O)n(CCCCCCNC(=O)O)c(=O)n(CCCCCCNC(=O)Oc4ccc(CNc5c(OCC)c(=O)c5=O)cc4)c3=O)cc2)c(=O)c1=O. The smallest absolute Gasteiger partial charge is 0.412 e. The van der Waals surface area contributed by atoms with Gasteiger partial charge in [-0.2, -0.15) is 0 Å². The third-order valence-corrected chi connectivity index (χ3v) is 11.6. The normalized spacial score (nSPS) is 11.0. The van der Waals surface area contributed by atoms with Crippen LogP contribution in [0.25, 0.3) is 0 Å². The van der Waals surface area contributed by atoms with Crippen molar-refractivity contribution in [2.24, 2.45) is 0 Å². The molecule has 5 rings (SSSR count). The third kappa shape index (κ3) is 16.5. The predicted molar refractivity (Wildman–Crippen MR) is 271 cm³/mol. The Morgan fingerprint density at radius 2 is 0.781 bits per heavy atom. The van der Waals surface area contributed by atoms with Crippen molar-refractivity contribution in [1.29, 1.82) is 0 Å². The molecule has 0 aliphatic rings. The summed E-state index contributed by atoms with van der Waals surface area (Å²) in [7, 11) is 0. The van der Waals surface area contributed by atoms with E-state index in [0.29, 0.717) is 102 Å². The van der Waals surface area contributed by atoms with E-state index >= 15 is 0 Å². The Balaban J connectivity index is 1.02. The molecule has 73 heavy (non-hydrogen) atoms. The lowest BCUT2D eigenvalue weighted by molar-refractivity contribution is 0.194. The largest absolute Gasteiger partial charge is 0.488 e. The van der Waals surface area contributed by atoms with Crippen LogP contribution in [-0.4, -0.2) is 69.9 Å². The second-order valence-corrected chi connectivity index (χ2v) is 17.0. The van der Waals surface area contributed by atoms with E-state index in [1.165, 1.54) is 0 Å². The number of amides is 3. The highest BCUT2D eigenvalue weighted by molar-refractivity contribution is 5.71. The maximum Gasteiger partial charge on any atom is 0.412 e. The highest BCUT2D eigenvalue weighted by atomic mass is 16.6. The topological polar surface area (TPSA) is 303 Å². The molecule has 0 unspecified atom stereocenters. The average molecular weight is 1020 g/mol. The van der Waals surface area contributed by atoms with Gasteiger partial charge in [0.15, 0.2) is 11.5 Å². The van der Waals surface area contributed by atoms with E-state index < -0.39 is 57.1 Å².